The zero-order valence-corrected chi connectivity index (χ0v) is 18.3. The Hall–Kier alpha value is -2.76. The zero-order chi connectivity index (χ0) is 21.3. The van der Waals surface area contributed by atoms with Crippen molar-refractivity contribution >= 4 is 34.5 Å². The molecule has 7 nitrogen and oxygen atoms in total. The van der Waals surface area contributed by atoms with E-state index in [0.29, 0.717) is 17.9 Å². The van der Waals surface area contributed by atoms with Gasteiger partial charge in [-0.3, -0.25) is 4.79 Å². The van der Waals surface area contributed by atoms with E-state index in [2.05, 4.69) is 16.4 Å². The molecule has 0 radical (unpaired) electrons. The number of imidazole rings is 1. The van der Waals surface area contributed by atoms with Crippen LogP contribution in [0.3, 0.4) is 0 Å². The lowest BCUT2D eigenvalue weighted by Gasteiger charge is -2.16. The molecule has 2 aromatic heterocycles. The van der Waals surface area contributed by atoms with E-state index in [1.165, 1.54) is 11.8 Å². The van der Waals surface area contributed by atoms with E-state index in [4.69, 9.17) is 4.74 Å². The number of aromatic nitrogens is 3. The second-order valence-corrected chi connectivity index (χ2v) is 8.51. The fraction of sp³-hybridized carbons (Fsp3) is 0.409. The van der Waals surface area contributed by atoms with Crippen LogP contribution >= 0.6 is 11.8 Å². The van der Waals surface area contributed by atoms with Crippen LogP contribution in [0.5, 0.6) is 0 Å². The van der Waals surface area contributed by atoms with Crippen LogP contribution in [0.1, 0.15) is 29.7 Å². The number of benzene rings is 1. The highest BCUT2D eigenvalue weighted by molar-refractivity contribution is 7.99. The van der Waals surface area contributed by atoms with E-state index in [1.807, 2.05) is 54.3 Å². The topological polar surface area (TPSA) is 84.9 Å². The van der Waals surface area contributed by atoms with Crippen LogP contribution in [-0.2, 0) is 23.1 Å². The number of carbonyl (C=O) groups is 1. The molecule has 0 aliphatic carbocycles. The van der Waals surface area contributed by atoms with Gasteiger partial charge in [0, 0.05) is 19.3 Å². The van der Waals surface area contributed by atoms with Crippen molar-refractivity contribution in [3.05, 3.63) is 41.1 Å². The number of para-hydroxylation sites is 2. The predicted octanol–water partition coefficient (Wildman–Crippen LogP) is 3.77. The third-order valence-electron chi connectivity index (χ3n) is 5.69. The minimum atomic E-state index is -0.158. The van der Waals surface area contributed by atoms with Crippen molar-refractivity contribution in [1.29, 1.82) is 5.26 Å². The average Bonchev–Trinajstić information content (AvgIpc) is 3.42. The Labute approximate surface area is 180 Å². The van der Waals surface area contributed by atoms with Crippen molar-refractivity contribution in [1.82, 2.24) is 14.1 Å². The van der Waals surface area contributed by atoms with Crippen molar-refractivity contribution in [2.24, 2.45) is 7.05 Å². The number of fused-ring (bicyclic) bond motifs is 1. The Morgan fingerprint density at radius 2 is 2.20 bits per heavy atom. The van der Waals surface area contributed by atoms with Crippen molar-refractivity contribution < 1.29 is 9.53 Å². The minimum absolute atomic E-state index is 0.118. The lowest BCUT2D eigenvalue weighted by atomic mass is 10.2. The van der Waals surface area contributed by atoms with Gasteiger partial charge in [-0.2, -0.15) is 5.26 Å². The molecular weight excluding hydrogens is 398 g/mol. The first-order valence-corrected chi connectivity index (χ1v) is 11.0. The molecule has 1 fully saturated rings. The Bertz CT molecular complexity index is 1130. The van der Waals surface area contributed by atoms with Crippen molar-refractivity contribution in [2.45, 2.75) is 44.5 Å². The third-order valence-corrected chi connectivity index (χ3v) is 6.72. The Kier molecular flexibility index (Phi) is 5.84. The van der Waals surface area contributed by atoms with Crippen LogP contribution in [0.15, 0.2) is 29.4 Å². The largest absolute Gasteiger partial charge is 0.376 e. The summed E-state index contributed by atoms with van der Waals surface area (Å²) < 4.78 is 9.77. The van der Waals surface area contributed by atoms with Crippen LogP contribution in [0.25, 0.3) is 11.0 Å². The molecule has 1 aliphatic heterocycles. The van der Waals surface area contributed by atoms with Crippen molar-refractivity contribution in [3.8, 4) is 6.07 Å². The molecule has 0 spiro atoms. The highest BCUT2D eigenvalue weighted by atomic mass is 32.2. The number of hydrogen-bond donors (Lipinski definition) is 1. The van der Waals surface area contributed by atoms with Crippen LogP contribution in [0.2, 0.25) is 0 Å². The number of nitriles is 1. The maximum absolute atomic E-state index is 12.8. The summed E-state index contributed by atoms with van der Waals surface area (Å²) in [5, 5.41) is 13.4. The molecule has 30 heavy (non-hydrogen) atoms. The van der Waals surface area contributed by atoms with Crippen LogP contribution < -0.4 is 5.32 Å². The number of anilines is 1. The summed E-state index contributed by atoms with van der Waals surface area (Å²) >= 11 is 1.39. The summed E-state index contributed by atoms with van der Waals surface area (Å²) in [6, 6.07) is 10.2. The molecule has 3 heterocycles. The molecule has 3 aromatic rings. The second kappa shape index (κ2) is 8.54. The van der Waals surface area contributed by atoms with Gasteiger partial charge in [0.25, 0.3) is 0 Å². The van der Waals surface area contributed by atoms with Gasteiger partial charge in [0.15, 0.2) is 5.16 Å². The van der Waals surface area contributed by atoms with Crippen molar-refractivity contribution in [2.75, 3.05) is 17.7 Å². The molecular formula is C22H25N5O2S. The molecule has 1 aliphatic rings. The third kappa shape index (κ3) is 3.83. The molecule has 1 unspecified atom stereocenters. The van der Waals surface area contributed by atoms with Gasteiger partial charge < -0.3 is 19.2 Å². The number of thioether (sulfide) groups is 1. The highest BCUT2D eigenvalue weighted by Crippen LogP contribution is 2.29. The monoisotopic (exact) mass is 423 g/mol. The lowest BCUT2D eigenvalue weighted by molar-refractivity contribution is -0.113. The molecule has 156 valence electrons. The maximum atomic E-state index is 12.8. The minimum Gasteiger partial charge on any atom is -0.376 e. The summed E-state index contributed by atoms with van der Waals surface area (Å²) in [7, 11) is 1.95. The van der Waals surface area contributed by atoms with Gasteiger partial charge in [0.2, 0.25) is 5.91 Å². The summed E-state index contributed by atoms with van der Waals surface area (Å²) in [6.45, 7) is 5.31. The van der Waals surface area contributed by atoms with E-state index in [-0.39, 0.29) is 17.8 Å². The highest BCUT2D eigenvalue weighted by Gasteiger charge is 2.24. The average molecular weight is 424 g/mol. The van der Waals surface area contributed by atoms with Gasteiger partial charge in [-0.1, -0.05) is 23.9 Å². The summed E-state index contributed by atoms with van der Waals surface area (Å²) in [5.74, 6) is 0.624. The second-order valence-electron chi connectivity index (χ2n) is 7.57. The molecule has 0 bridgehead atoms. The van der Waals surface area contributed by atoms with Crippen LogP contribution in [0.4, 0.5) is 5.82 Å². The Morgan fingerprint density at radius 1 is 1.40 bits per heavy atom. The summed E-state index contributed by atoms with van der Waals surface area (Å²) in [6.07, 6.45) is 2.16. The Morgan fingerprint density at radius 3 is 2.90 bits per heavy atom. The van der Waals surface area contributed by atoms with Gasteiger partial charge >= 0.3 is 0 Å². The summed E-state index contributed by atoms with van der Waals surface area (Å²) in [5.41, 5.74) is 4.34. The van der Waals surface area contributed by atoms with Gasteiger partial charge in [-0.15, -0.1) is 0 Å². The standard InChI is InChI=1S/C22H25N5O2S/c1-14-15(2)27(12-16-7-6-10-29-16)21(17(14)11-23)25-20(28)13-30-22-24-18-8-4-5-9-19(18)26(22)3/h4-5,8-9,16H,6-7,10,12-13H2,1-3H3,(H,25,28). The van der Waals surface area contributed by atoms with Crippen LogP contribution in [0, 0.1) is 25.2 Å². The fourth-order valence-corrected chi connectivity index (χ4v) is 4.69. The van der Waals surface area contributed by atoms with Crippen molar-refractivity contribution in [3.63, 3.8) is 0 Å². The number of amides is 1. The van der Waals surface area contributed by atoms with Gasteiger partial charge in [-0.25, -0.2) is 4.98 Å². The number of carbonyl (C=O) groups excluding carboxylic acids is 1. The quantitative estimate of drug-likeness (QED) is 0.610. The number of aryl methyl sites for hydroxylation is 1. The van der Waals surface area contributed by atoms with Gasteiger partial charge in [-0.05, 0) is 44.4 Å². The smallest absolute Gasteiger partial charge is 0.235 e. The fourth-order valence-electron chi connectivity index (χ4n) is 3.90. The number of ether oxygens (including phenoxy) is 1. The molecule has 4 rings (SSSR count). The first-order chi connectivity index (χ1) is 14.5. The molecule has 1 amide bonds. The van der Waals surface area contributed by atoms with E-state index in [9.17, 15) is 10.1 Å². The van der Waals surface area contributed by atoms with Gasteiger partial charge in [0.1, 0.15) is 11.9 Å². The predicted molar refractivity (Wildman–Crippen MR) is 118 cm³/mol. The molecule has 8 heteroatoms. The Balaban J connectivity index is 1.51. The van der Waals surface area contributed by atoms with Gasteiger partial charge in [0.05, 0.1) is 35.0 Å². The first kappa shape index (κ1) is 20.5. The molecule has 1 N–H and O–H groups in total. The molecule has 1 aromatic carbocycles. The van der Waals surface area contributed by atoms with E-state index in [0.717, 1.165) is 46.9 Å². The summed E-state index contributed by atoms with van der Waals surface area (Å²) in [4.78, 5) is 17.4. The molecule has 1 saturated heterocycles. The first-order valence-electron chi connectivity index (χ1n) is 10.0. The number of nitrogens with one attached hydrogen (secondary N) is 1. The molecule has 0 saturated carbocycles. The van der Waals surface area contributed by atoms with E-state index in [1.54, 1.807) is 0 Å². The maximum Gasteiger partial charge on any atom is 0.235 e. The number of hydrogen-bond acceptors (Lipinski definition) is 5. The number of nitrogens with zero attached hydrogens (tertiary/aromatic N) is 4. The van der Waals surface area contributed by atoms with E-state index < -0.39 is 0 Å². The van der Waals surface area contributed by atoms with E-state index >= 15 is 0 Å². The molecule has 1 atom stereocenters. The van der Waals surface area contributed by atoms with Crippen LogP contribution in [-0.4, -0.2) is 38.5 Å². The zero-order valence-electron chi connectivity index (χ0n) is 17.4. The number of rotatable bonds is 6. The normalized spacial score (nSPS) is 16.1. The lowest BCUT2D eigenvalue weighted by Crippen LogP contribution is -2.22. The SMILES string of the molecule is Cc1c(C#N)c(NC(=O)CSc2nc3ccccc3n2C)n(CC2CCCO2)c1C.